The molecule has 150 valence electrons. The van der Waals surface area contributed by atoms with Crippen LogP contribution >= 0.6 is 0 Å². The summed E-state index contributed by atoms with van der Waals surface area (Å²) in [6.07, 6.45) is 0. The van der Waals surface area contributed by atoms with Crippen molar-refractivity contribution >= 4 is 11.4 Å². The molecule has 3 aromatic carbocycles. The van der Waals surface area contributed by atoms with E-state index < -0.39 is 0 Å². The van der Waals surface area contributed by atoms with Gasteiger partial charge in [-0.25, -0.2) is 0 Å². The number of benzene rings is 3. The molecule has 4 rings (SSSR count). The molecule has 0 unspecified atom stereocenters. The third kappa shape index (κ3) is 3.63. The average Bonchev–Trinajstić information content (AvgIpc) is 2.76. The highest BCUT2D eigenvalue weighted by Gasteiger charge is 2.44. The molecule has 1 aliphatic heterocycles. The van der Waals surface area contributed by atoms with Gasteiger partial charge in [0, 0.05) is 22.4 Å². The SMILES string of the molecule is COc1ccc(N[C@@H]2c3cc(OC)ccc3N[C@H](c3ccccc3)C2(C)C)cc1. The molecule has 0 radical (unpaired) electrons. The number of hydrogen-bond acceptors (Lipinski definition) is 4. The maximum Gasteiger partial charge on any atom is 0.119 e. The summed E-state index contributed by atoms with van der Waals surface area (Å²) in [6.45, 7) is 4.61. The smallest absolute Gasteiger partial charge is 0.119 e. The summed E-state index contributed by atoms with van der Waals surface area (Å²) >= 11 is 0. The molecule has 1 aliphatic rings. The lowest BCUT2D eigenvalue weighted by molar-refractivity contribution is 0.248. The van der Waals surface area contributed by atoms with Crippen molar-refractivity contribution in [3.05, 3.63) is 83.9 Å². The zero-order chi connectivity index (χ0) is 20.4. The quantitative estimate of drug-likeness (QED) is 0.558. The zero-order valence-corrected chi connectivity index (χ0v) is 17.4. The molecule has 0 fully saturated rings. The Balaban J connectivity index is 1.78. The largest absolute Gasteiger partial charge is 0.497 e. The van der Waals surface area contributed by atoms with Crippen molar-refractivity contribution in [3.8, 4) is 11.5 Å². The Hall–Kier alpha value is -3.14. The van der Waals surface area contributed by atoms with E-state index in [1.807, 2.05) is 18.2 Å². The van der Waals surface area contributed by atoms with E-state index in [2.05, 4.69) is 79.1 Å². The predicted octanol–water partition coefficient (Wildman–Crippen LogP) is 6.05. The molecule has 4 nitrogen and oxygen atoms in total. The van der Waals surface area contributed by atoms with Gasteiger partial charge >= 0.3 is 0 Å². The number of nitrogens with one attached hydrogen (secondary N) is 2. The Morgan fingerprint density at radius 3 is 2.14 bits per heavy atom. The maximum absolute atomic E-state index is 5.52. The molecule has 0 aliphatic carbocycles. The van der Waals surface area contributed by atoms with Crippen LogP contribution in [0.25, 0.3) is 0 Å². The normalized spacial score (nSPS) is 19.6. The van der Waals surface area contributed by atoms with E-state index in [4.69, 9.17) is 9.47 Å². The van der Waals surface area contributed by atoms with Crippen molar-refractivity contribution in [1.29, 1.82) is 0 Å². The first-order valence-electron chi connectivity index (χ1n) is 9.93. The zero-order valence-electron chi connectivity index (χ0n) is 17.4. The van der Waals surface area contributed by atoms with Crippen LogP contribution in [-0.2, 0) is 0 Å². The maximum atomic E-state index is 5.52. The molecule has 0 bridgehead atoms. The van der Waals surface area contributed by atoms with Crippen LogP contribution in [0.4, 0.5) is 11.4 Å². The van der Waals surface area contributed by atoms with Gasteiger partial charge in [0.05, 0.1) is 26.3 Å². The van der Waals surface area contributed by atoms with Crippen molar-refractivity contribution in [2.24, 2.45) is 5.41 Å². The Labute approximate surface area is 172 Å². The second-order valence-electron chi connectivity index (χ2n) is 8.07. The van der Waals surface area contributed by atoms with Gasteiger partial charge in [-0.2, -0.15) is 0 Å². The van der Waals surface area contributed by atoms with Crippen LogP contribution in [0.3, 0.4) is 0 Å². The van der Waals surface area contributed by atoms with Crippen LogP contribution in [0.2, 0.25) is 0 Å². The van der Waals surface area contributed by atoms with E-state index in [9.17, 15) is 0 Å². The summed E-state index contributed by atoms with van der Waals surface area (Å²) in [7, 11) is 3.40. The first-order chi connectivity index (χ1) is 14.0. The average molecular weight is 389 g/mol. The summed E-state index contributed by atoms with van der Waals surface area (Å²) in [4.78, 5) is 0. The lowest BCUT2D eigenvalue weighted by atomic mass is 9.69. The van der Waals surface area contributed by atoms with Crippen LogP contribution in [0.5, 0.6) is 11.5 Å². The Morgan fingerprint density at radius 1 is 0.828 bits per heavy atom. The lowest BCUT2D eigenvalue weighted by Gasteiger charge is -2.47. The third-order valence-corrected chi connectivity index (χ3v) is 5.89. The molecule has 2 atom stereocenters. The first kappa shape index (κ1) is 19.2. The third-order valence-electron chi connectivity index (χ3n) is 5.89. The number of hydrogen-bond donors (Lipinski definition) is 2. The summed E-state index contributed by atoms with van der Waals surface area (Å²) in [5, 5.41) is 7.55. The van der Waals surface area contributed by atoms with Gasteiger partial charge in [-0.1, -0.05) is 44.2 Å². The number of anilines is 2. The molecule has 0 spiro atoms. The van der Waals surface area contributed by atoms with Crippen molar-refractivity contribution < 1.29 is 9.47 Å². The molecule has 0 saturated heterocycles. The molecule has 1 heterocycles. The highest BCUT2D eigenvalue weighted by Crippen LogP contribution is 2.53. The van der Waals surface area contributed by atoms with E-state index >= 15 is 0 Å². The molecule has 4 heteroatoms. The van der Waals surface area contributed by atoms with Crippen molar-refractivity contribution in [2.45, 2.75) is 25.9 Å². The fraction of sp³-hybridized carbons (Fsp3) is 0.280. The van der Waals surface area contributed by atoms with Gasteiger partial charge in [0.1, 0.15) is 11.5 Å². The second-order valence-corrected chi connectivity index (χ2v) is 8.07. The van der Waals surface area contributed by atoms with E-state index in [1.54, 1.807) is 14.2 Å². The van der Waals surface area contributed by atoms with Gasteiger partial charge in [0.25, 0.3) is 0 Å². The number of methoxy groups -OCH3 is 2. The first-order valence-corrected chi connectivity index (χ1v) is 9.93. The van der Waals surface area contributed by atoms with Crippen LogP contribution in [0.15, 0.2) is 72.8 Å². The molecule has 0 aromatic heterocycles. The highest BCUT2D eigenvalue weighted by molar-refractivity contribution is 5.63. The van der Waals surface area contributed by atoms with Gasteiger partial charge in [-0.3, -0.25) is 0 Å². The highest BCUT2D eigenvalue weighted by atomic mass is 16.5. The summed E-state index contributed by atoms with van der Waals surface area (Å²) in [5.41, 5.74) is 4.56. The van der Waals surface area contributed by atoms with Gasteiger partial charge in [0.15, 0.2) is 0 Å². The van der Waals surface area contributed by atoms with E-state index in [0.29, 0.717) is 0 Å². The van der Waals surface area contributed by atoms with Gasteiger partial charge in [-0.15, -0.1) is 0 Å². The van der Waals surface area contributed by atoms with Crippen LogP contribution in [0.1, 0.15) is 37.1 Å². The van der Waals surface area contributed by atoms with Crippen LogP contribution < -0.4 is 20.1 Å². The van der Waals surface area contributed by atoms with Crippen LogP contribution in [0, 0.1) is 5.41 Å². The van der Waals surface area contributed by atoms with Crippen molar-refractivity contribution in [1.82, 2.24) is 0 Å². The molecule has 2 N–H and O–H groups in total. The fourth-order valence-corrected chi connectivity index (χ4v) is 4.22. The topological polar surface area (TPSA) is 42.5 Å². The van der Waals surface area contributed by atoms with E-state index in [-0.39, 0.29) is 17.5 Å². The molecule has 0 saturated carbocycles. The summed E-state index contributed by atoms with van der Waals surface area (Å²) < 4.78 is 10.8. The Morgan fingerprint density at radius 2 is 1.48 bits per heavy atom. The van der Waals surface area contributed by atoms with E-state index in [0.717, 1.165) is 22.9 Å². The molecular formula is C25H28N2O2. The number of rotatable bonds is 5. The number of ether oxygens (including phenoxy) is 2. The van der Waals surface area contributed by atoms with Crippen LogP contribution in [-0.4, -0.2) is 14.2 Å². The molecule has 29 heavy (non-hydrogen) atoms. The minimum atomic E-state index is -0.110. The monoisotopic (exact) mass is 388 g/mol. The molecular weight excluding hydrogens is 360 g/mol. The van der Waals surface area contributed by atoms with E-state index in [1.165, 1.54) is 11.1 Å². The second kappa shape index (κ2) is 7.70. The predicted molar refractivity (Wildman–Crippen MR) is 119 cm³/mol. The minimum absolute atomic E-state index is 0.0902. The van der Waals surface area contributed by atoms with Crippen molar-refractivity contribution in [3.63, 3.8) is 0 Å². The molecule has 3 aromatic rings. The van der Waals surface area contributed by atoms with Gasteiger partial charge in [0.2, 0.25) is 0 Å². The standard InChI is InChI=1S/C25H28N2O2/c1-25(2)23(17-8-6-5-7-9-17)27-22-15-14-20(29-4)16-21(22)24(25)26-18-10-12-19(28-3)13-11-18/h5-16,23-24,26-27H,1-4H3/t23-,24-/m1/s1. The summed E-state index contributed by atoms with van der Waals surface area (Å²) in [6, 6.07) is 25.3. The fourth-order valence-electron chi connectivity index (χ4n) is 4.22. The Kier molecular flexibility index (Phi) is 5.10. The number of fused-ring (bicyclic) bond motifs is 1. The lowest BCUT2D eigenvalue weighted by Crippen LogP contribution is -2.41. The van der Waals surface area contributed by atoms with Crippen molar-refractivity contribution in [2.75, 3.05) is 24.9 Å². The van der Waals surface area contributed by atoms with Gasteiger partial charge < -0.3 is 20.1 Å². The minimum Gasteiger partial charge on any atom is -0.497 e. The summed E-state index contributed by atoms with van der Waals surface area (Å²) in [5.74, 6) is 1.71. The Bertz CT molecular complexity index is 968. The van der Waals surface area contributed by atoms with Gasteiger partial charge in [-0.05, 0) is 48.0 Å². The molecule has 0 amide bonds.